The van der Waals surface area contributed by atoms with Gasteiger partial charge in [0.15, 0.2) is 11.6 Å². The Hall–Kier alpha value is -1.62. The fourth-order valence-corrected chi connectivity index (χ4v) is 8.70. The maximum absolute atomic E-state index is 15.5. The van der Waals surface area contributed by atoms with Crippen LogP contribution in [0.4, 0.5) is 4.39 Å². The number of carbonyl (C=O) groups is 3. The van der Waals surface area contributed by atoms with E-state index in [0.717, 1.165) is 0 Å². The lowest BCUT2D eigenvalue weighted by molar-refractivity contribution is -0.153. The van der Waals surface area contributed by atoms with Crippen LogP contribution in [0.2, 0.25) is 0 Å². The third-order valence-corrected chi connectivity index (χ3v) is 10.9. The number of esters is 1. The number of ether oxygens (including phenoxy) is 1. The van der Waals surface area contributed by atoms with Crippen LogP contribution in [-0.4, -0.2) is 65.1 Å². The van der Waals surface area contributed by atoms with Crippen molar-refractivity contribution >= 4 is 39.3 Å². The average molecular weight is 547 g/mol. The Kier molecular flexibility index (Phi) is 6.85. The van der Waals surface area contributed by atoms with E-state index in [1.165, 1.54) is 12.2 Å². The molecule has 0 aromatic heterocycles. The molecule has 4 aliphatic carbocycles. The maximum atomic E-state index is 15.5. The molecule has 11 heteroatoms. The Labute approximate surface area is 215 Å². The molecule has 0 aliphatic heterocycles. The summed E-state index contributed by atoms with van der Waals surface area (Å²) in [5.74, 6) is -3.79. The van der Waals surface area contributed by atoms with E-state index < -0.39 is 74.7 Å². The van der Waals surface area contributed by atoms with Gasteiger partial charge in [0.1, 0.15) is 12.8 Å². The van der Waals surface area contributed by atoms with E-state index in [0.29, 0.717) is 6.42 Å². The van der Waals surface area contributed by atoms with E-state index in [2.05, 4.69) is 0 Å². The van der Waals surface area contributed by atoms with Crippen LogP contribution in [0.1, 0.15) is 46.5 Å². The molecule has 200 valence electrons. The molecule has 4 rings (SSSR count). The van der Waals surface area contributed by atoms with Crippen LogP contribution in [-0.2, 0) is 29.2 Å². The van der Waals surface area contributed by atoms with Gasteiger partial charge in [-0.15, -0.1) is 11.6 Å². The van der Waals surface area contributed by atoms with Crippen LogP contribution in [0, 0.1) is 34.5 Å². The first-order chi connectivity index (χ1) is 16.5. The first kappa shape index (κ1) is 27.4. The van der Waals surface area contributed by atoms with Crippen molar-refractivity contribution in [3.05, 3.63) is 23.8 Å². The lowest BCUT2D eigenvalue weighted by Crippen LogP contribution is -2.67. The SMILES string of the molecule is CC1C[C@H]2[C@@H]3CC(F)C4=CC(=O)C=C[C@]4(C)[C@@]3(Cl)C(O)C[C@]2(C)[C@H]1C(=O)COC(=O)CCS(=O)(=O)O. The average Bonchev–Trinajstić information content (AvgIpc) is 3.03. The highest BCUT2D eigenvalue weighted by molar-refractivity contribution is 7.85. The molecular formula is C25H32ClFO8S. The second kappa shape index (κ2) is 8.99. The number of Topliss-reactive ketones (excluding diaryl/α,β-unsaturated/α-hetero) is 1. The molecule has 0 aromatic carbocycles. The van der Waals surface area contributed by atoms with Gasteiger partial charge in [0.05, 0.1) is 23.2 Å². The lowest BCUT2D eigenvalue weighted by atomic mass is 9.46. The van der Waals surface area contributed by atoms with Crippen LogP contribution in [0.25, 0.3) is 0 Å². The minimum absolute atomic E-state index is 0.0294. The van der Waals surface area contributed by atoms with Crippen LogP contribution in [0.3, 0.4) is 0 Å². The largest absolute Gasteiger partial charge is 0.458 e. The fraction of sp³-hybridized carbons (Fsp3) is 0.720. The molecule has 3 unspecified atom stereocenters. The predicted molar refractivity (Wildman–Crippen MR) is 128 cm³/mol. The number of ketones is 2. The first-order valence-electron chi connectivity index (χ1n) is 12.1. The summed E-state index contributed by atoms with van der Waals surface area (Å²) in [6.07, 6.45) is 1.94. The summed E-state index contributed by atoms with van der Waals surface area (Å²) in [4.78, 5) is 35.9. The van der Waals surface area contributed by atoms with Crippen LogP contribution >= 0.6 is 11.6 Å². The monoisotopic (exact) mass is 546 g/mol. The smallest absolute Gasteiger partial charge is 0.307 e. The van der Waals surface area contributed by atoms with Crippen molar-refractivity contribution in [1.82, 2.24) is 0 Å². The fourth-order valence-electron chi connectivity index (χ4n) is 7.78. The van der Waals surface area contributed by atoms with Gasteiger partial charge < -0.3 is 9.84 Å². The van der Waals surface area contributed by atoms with E-state index in [9.17, 15) is 27.9 Å². The van der Waals surface area contributed by atoms with E-state index >= 15 is 4.39 Å². The Morgan fingerprint density at radius 1 is 1.25 bits per heavy atom. The Bertz CT molecular complexity index is 1150. The van der Waals surface area contributed by atoms with Gasteiger partial charge >= 0.3 is 5.97 Å². The number of aliphatic hydroxyl groups excluding tert-OH is 1. The van der Waals surface area contributed by atoms with Gasteiger partial charge in [-0.2, -0.15) is 8.42 Å². The second-order valence-electron chi connectivity index (χ2n) is 11.3. The summed E-state index contributed by atoms with van der Waals surface area (Å²) in [5, 5.41) is 11.5. The number of halogens is 2. The topological polar surface area (TPSA) is 135 Å². The molecule has 4 aliphatic rings. The zero-order chi connectivity index (χ0) is 26.8. The minimum atomic E-state index is -4.34. The van der Waals surface area contributed by atoms with Gasteiger partial charge in [-0.25, -0.2) is 4.39 Å². The van der Waals surface area contributed by atoms with Gasteiger partial charge in [0.25, 0.3) is 10.1 Å². The number of hydrogen-bond donors (Lipinski definition) is 2. The van der Waals surface area contributed by atoms with Crippen molar-refractivity contribution in [2.45, 2.75) is 63.6 Å². The molecule has 3 saturated carbocycles. The number of carbonyl (C=O) groups excluding carboxylic acids is 3. The third kappa shape index (κ3) is 4.18. The summed E-state index contributed by atoms with van der Waals surface area (Å²) in [6, 6.07) is 0. The van der Waals surface area contributed by atoms with Gasteiger partial charge in [-0.3, -0.25) is 18.9 Å². The number of alkyl halides is 2. The molecule has 8 nitrogen and oxygen atoms in total. The van der Waals surface area contributed by atoms with Crippen LogP contribution in [0.15, 0.2) is 23.8 Å². The van der Waals surface area contributed by atoms with Gasteiger partial charge in [-0.1, -0.05) is 26.8 Å². The van der Waals surface area contributed by atoms with Gasteiger partial charge in [0, 0.05) is 11.3 Å². The molecule has 0 spiro atoms. The molecule has 0 heterocycles. The molecule has 9 atom stereocenters. The highest BCUT2D eigenvalue weighted by atomic mass is 35.5. The van der Waals surface area contributed by atoms with E-state index in [-0.39, 0.29) is 41.8 Å². The Morgan fingerprint density at radius 2 is 1.92 bits per heavy atom. The summed E-state index contributed by atoms with van der Waals surface area (Å²) < 4.78 is 51.0. The zero-order valence-corrected chi connectivity index (χ0v) is 22.0. The summed E-state index contributed by atoms with van der Waals surface area (Å²) in [6.45, 7) is 4.99. The molecule has 0 saturated heterocycles. The summed E-state index contributed by atoms with van der Waals surface area (Å²) in [7, 11) is -4.34. The molecule has 2 N–H and O–H groups in total. The number of allylic oxidation sites excluding steroid dienone is 4. The summed E-state index contributed by atoms with van der Waals surface area (Å²) in [5.41, 5.74) is -1.52. The van der Waals surface area contributed by atoms with Crippen LogP contribution < -0.4 is 0 Å². The van der Waals surface area contributed by atoms with Crippen molar-refractivity contribution in [3.63, 3.8) is 0 Å². The van der Waals surface area contributed by atoms with E-state index in [1.807, 2.05) is 13.8 Å². The third-order valence-electron chi connectivity index (χ3n) is 9.25. The quantitative estimate of drug-likeness (QED) is 0.295. The van der Waals surface area contributed by atoms with Crippen LogP contribution in [0.5, 0.6) is 0 Å². The van der Waals surface area contributed by atoms with Crippen molar-refractivity contribution in [1.29, 1.82) is 0 Å². The zero-order valence-electron chi connectivity index (χ0n) is 20.4. The second-order valence-corrected chi connectivity index (χ2v) is 13.5. The molecule has 0 radical (unpaired) electrons. The van der Waals surface area contributed by atoms with E-state index in [1.54, 1.807) is 13.0 Å². The van der Waals surface area contributed by atoms with Crippen molar-refractivity contribution in [3.8, 4) is 0 Å². The molecular weight excluding hydrogens is 515 g/mol. The molecule has 36 heavy (non-hydrogen) atoms. The molecule has 0 amide bonds. The van der Waals surface area contributed by atoms with Gasteiger partial charge in [0.2, 0.25) is 0 Å². The Morgan fingerprint density at radius 3 is 2.56 bits per heavy atom. The van der Waals surface area contributed by atoms with Crippen molar-refractivity contribution in [2.75, 3.05) is 12.4 Å². The predicted octanol–water partition coefficient (Wildman–Crippen LogP) is 2.83. The number of rotatable bonds is 6. The number of aliphatic hydroxyl groups is 1. The van der Waals surface area contributed by atoms with E-state index in [4.69, 9.17) is 20.9 Å². The van der Waals surface area contributed by atoms with Crippen molar-refractivity contribution < 1.29 is 41.6 Å². The number of fused-ring (bicyclic) bond motifs is 5. The minimum Gasteiger partial charge on any atom is -0.458 e. The highest BCUT2D eigenvalue weighted by Gasteiger charge is 2.71. The molecule has 0 bridgehead atoms. The normalized spacial score (nSPS) is 43.8. The number of hydrogen-bond acceptors (Lipinski definition) is 7. The summed E-state index contributed by atoms with van der Waals surface area (Å²) >= 11 is 7.29. The lowest BCUT2D eigenvalue weighted by Gasteiger charge is -2.63. The van der Waals surface area contributed by atoms with Crippen molar-refractivity contribution in [2.24, 2.45) is 34.5 Å². The molecule has 0 aromatic rings. The highest BCUT2D eigenvalue weighted by Crippen LogP contribution is 2.70. The van der Waals surface area contributed by atoms with Gasteiger partial charge in [-0.05, 0) is 60.2 Å². The Balaban J connectivity index is 1.59. The standard InChI is InChI=1S/C25H32ClFO8S/c1-13-8-15-16-10-18(27)17-9-14(28)4-6-24(17,3)25(16,26)20(30)11-23(15,2)22(13)19(29)12-35-21(31)5-7-36(32,33)34/h4,6,9,13,15-16,18,20,22,30H,5,7-8,10-12H2,1-3H3,(H,32,33,34)/t13?,15-,16-,18?,20?,22+,23-,24-,25-/m0/s1. The maximum Gasteiger partial charge on any atom is 0.307 e. The first-order valence-corrected chi connectivity index (χ1v) is 14.1. The molecule has 3 fully saturated rings.